The number of carbonyl (C=O) groups excluding carboxylic acids is 2. The van der Waals surface area contributed by atoms with Crippen LogP contribution in [0.5, 0.6) is 0 Å². The number of amides is 2. The molecule has 11 heteroatoms. The van der Waals surface area contributed by atoms with E-state index in [0.29, 0.717) is 29.1 Å². The molecule has 2 atom stereocenters. The number of hydrogen-bond acceptors (Lipinski definition) is 7. The van der Waals surface area contributed by atoms with Crippen LogP contribution in [0.3, 0.4) is 0 Å². The van der Waals surface area contributed by atoms with Crippen LogP contribution >= 0.6 is 23.6 Å². The lowest BCUT2D eigenvalue weighted by molar-refractivity contribution is 0.0995. The number of aromatic nitrogens is 1. The molecule has 0 saturated heterocycles. The Bertz CT molecular complexity index is 1230. The van der Waals surface area contributed by atoms with Crippen molar-refractivity contribution in [2.45, 2.75) is 48.7 Å². The van der Waals surface area contributed by atoms with E-state index in [1.807, 2.05) is 0 Å². The Morgan fingerprint density at radius 1 is 1.42 bits per heavy atom. The minimum atomic E-state index is -3.57. The maximum Gasteiger partial charge on any atom is 0.354 e. The summed E-state index contributed by atoms with van der Waals surface area (Å²) in [4.78, 5) is 29.3. The molecule has 1 heterocycles. The average Bonchev–Trinajstić information content (AvgIpc) is 3.47. The van der Waals surface area contributed by atoms with E-state index in [-0.39, 0.29) is 16.6 Å². The van der Waals surface area contributed by atoms with Gasteiger partial charge in [0.25, 0.3) is 0 Å². The smallest absolute Gasteiger partial charge is 0.354 e. The molecule has 0 spiro atoms. The van der Waals surface area contributed by atoms with E-state index >= 15 is 0 Å². The molecule has 0 aliphatic heterocycles. The van der Waals surface area contributed by atoms with Crippen LogP contribution < -0.4 is 10.5 Å². The Morgan fingerprint density at radius 3 is 2.90 bits per heavy atom. The predicted octanol–water partition coefficient (Wildman–Crippen LogP) is 2.94. The van der Waals surface area contributed by atoms with Crippen LogP contribution in [0.25, 0.3) is 0 Å². The molecule has 4 rings (SSSR count). The highest BCUT2D eigenvalue weighted by Crippen LogP contribution is 2.38. The third-order valence-electron chi connectivity index (χ3n) is 5.68. The molecule has 2 amide bonds. The highest BCUT2D eigenvalue weighted by Gasteiger charge is 2.31. The number of rotatable bonds is 5. The summed E-state index contributed by atoms with van der Waals surface area (Å²) in [6, 6.07) is 1.19. The van der Waals surface area contributed by atoms with E-state index < -0.39 is 21.4 Å². The fourth-order valence-electron chi connectivity index (χ4n) is 3.94. The summed E-state index contributed by atoms with van der Waals surface area (Å²) in [6.45, 7) is 1.42. The van der Waals surface area contributed by atoms with Crippen molar-refractivity contribution in [2.24, 2.45) is 9.50 Å². The van der Waals surface area contributed by atoms with Gasteiger partial charge < -0.3 is 10.4 Å². The number of nitrogens with zero attached hydrogens (tertiary/aromatic N) is 2. The lowest BCUT2D eigenvalue weighted by Crippen LogP contribution is -2.27. The Hall–Kier alpha value is -2.05. The van der Waals surface area contributed by atoms with Crippen LogP contribution in [0.15, 0.2) is 20.8 Å². The van der Waals surface area contributed by atoms with Gasteiger partial charge >= 0.3 is 6.03 Å². The number of nitrogens with two attached hydrogens (primary N) is 1. The molecule has 8 nitrogen and oxygen atoms in total. The summed E-state index contributed by atoms with van der Waals surface area (Å²) in [6.07, 6.45) is 4.97. The molecular formula is C20H22N4O4S3. The zero-order chi connectivity index (χ0) is 22.4. The van der Waals surface area contributed by atoms with Gasteiger partial charge in [-0.25, -0.2) is 19.1 Å². The molecule has 4 N–H and O–H groups in total. The predicted molar refractivity (Wildman–Crippen MR) is 123 cm³/mol. The largest absolute Gasteiger partial charge is 0.395 e. The number of ketones is 1. The Balaban J connectivity index is 1.67. The van der Waals surface area contributed by atoms with Gasteiger partial charge in [0.2, 0.25) is 0 Å². The number of carbonyl (C=O) groups is 2. The van der Waals surface area contributed by atoms with Crippen molar-refractivity contribution in [3.05, 3.63) is 39.5 Å². The van der Waals surface area contributed by atoms with Gasteiger partial charge in [-0.1, -0.05) is 18.3 Å². The van der Waals surface area contributed by atoms with Crippen molar-refractivity contribution in [1.29, 1.82) is 0 Å². The third-order valence-corrected chi connectivity index (χ3v) is 9.36. The van der Waals surface area contributed by atoms with E-state index in [1.54, 1.807) is 6.92 Å². The van der Waals surface area contributed by atoms with E-state index in [9.17, 15) is 18.9 Å². The number of thiazole rings is 1. The Labute approximate surface area is 189 Å². The fraction of sp³-hybridized carbons (Fsp3) is 0.400. The van der Waals surface area contributed by atoms with Crippen molar-refractivity contribution >= 4 is 56.3 Å². The number of fused-ring (bicyclic) bond motifs is 2. The number of benzene rings is 1. The van der Waals surface area contributed by atoms with E-state index in [1.165, 1.54) is 11.6 Å². The number of thiocarbonyl (C=S) groups is 1. The molecule has 2 aliphatic carbocycles. The van der Waals surface area contributed by atoms with Gasteiger partial charge in [0.15, 0.2) is 15.7 Å². The van der Waals surface area contributed by atoms with Crippen molar-refractivity contribution < 1.29 is 18.9 Å². The van der Waals surface area contributed by atoms with Crippen LogP contribution in [0, 0.1) is 0 Å². The maximum atomic E-state index is 13.0. The summed E-state index contributed by atoms with van der Waals surface area (Å²) >= 11 is 5.95. The minimum absolute atomic E-state index is 0.0102. The second-order valence-electron chi connectivity index (χ2n) is 7.97. The van der Waals surface area contributed by atoms with Gasteiger partial charge in [-0.3, -0.25) is 4.79 Å². The molecule has 31 heavy (non-hydrogen) atoms. The molecule has 2 aliphatic rings. The van der Waals surface area contributed by atoms with E-state index in [4.69, 9.17) is 17.4 Å². The molecular weight excluding hydrogens is 456 g/mol. The molecule has 0 bridgehead atoms. The standard InChI is InChI=1S/C20H22N4O4S3/c1-20(9-25,10-29)18-22-8-15(30-18)31(21,28)24-19(27)23-17-13-4-2-3-11(13)7-12-5-6-14(26)16(12)17/h7-8,10,25H,2-6,9H2,1H3,(H3,21,23,24,27,28). The summed E-state index contributed by atoms with van der Waals surface area (Å²) in [5.74, 6) is -0.0102. The molecule has 2 unspecified atom stereocenters. The first-order valence-electron chi connectivity index (χ1n) is 9.79. The SMILES string of the molecule is CC(C=S)(CO)c1ncc(S(N)(=O)=NC(=O)Nc2c3c(cc4c2C(=O)CC4)CCC3)s1. The van der Waals surface area contributed by atoms with E-state index in [0.717, 1.165) is 47.3 Å². The van der Waals surface area contributed by atoms with Gasteiger partial charge in [-0.05, 0) is 54.7 Å². The average molecular weight is 479 g/mol. The zero-order valence-electron chi connectivity index (χ0n) is 16.8. The molecule has 2 aromatic rings. The van der Waals surface area contributed by atoms with Crippen LogP contribution in [0.2, 0.25) is 0 Å². The molecule has 0 fully saturated rings. The van der Waals surface area contributed by atoms with Crippen LogP contribution in [0.1, 0.15) is 51.8 Å². The monoisotopic (exact) mass is 478 g/mol. The Morgan fingerprint density at radius 2 is 2.19 bits per heavy atom. The first-order chi connectivity index (χ1) is 14.7. The molecule has 0 saturated carbocycles. The zero-order valence-corrected chi connectivity index (χ0v) is 19.3. The van der Waals surface area contributed by atoms with Crippen molar-refractivity contribution in [2.75, 3.05) is 11.9 Å². The second-order valence-corrected chi connectivity index (χ2v) is 11.3. The number of aryl methyl sites for hydroxylation is 2. The first-order valence-corrected chi connectivity index (χ1v) is 12.7. The maximum absolute atomic E-state index is 13.0. The van der Waals surface area contributed by atoms with Gasteiger partial charge in [0.05, 0.1) is 23.9 Å². The molecule has 0 radical (unpaired) electrons. The normalized spacial score (nSPS) is 18.6. The third kappa shape index (κ3) is 3.96. The van der Waals surface area contributed by atoms with Gasteiger partial charge in [-0.15, -0.1) is 15.7 Å². The lowest BCUT2D eigenvalue weighted by Gasteiger charge is -2.17. The number of aliphatic hydroxyl groups is 1. The number of aliphatic hydroxyl groups excluding tert-OH is 1. The summed E-state index contributed by atoms with van der Waals surface area (Å²) in [5.41, 5.74) is 3.14. The molecule has 1 aromatic heterocycles. The van der Waals surface area contributed by atoms with Gasteiger partial charge in [0, 0.05) is 12.0 Å². The van der Waals surface area contributed by atoms with Crippen LogP contribution in [-0.2, 0) is 34.6 Å². The number of anilines is 1. The minimum Gasteiger partial charge on any atom is -0.395 e. The highest BCUT2D eigenvalue weighted by atomic mass is 32.2. The molecule has 164 valence electrons. The number of urea groups is 1. The summed E-state index contributed by atoms with van der Waals surface area (Å²) in [5, 5.41) is 20.0. The van der Waals surface area contributed by atoms with Crippen LogP contribution in [-0.4, -0.2) is 38.1 Å². The van der Waals surface area contributed by atoms with Crippen LogP contribution in [0.4, 0.5) is 10.5 Å². The number of Topliss-reactive ketones (excluding diaryl/α,β-unsaturated/α-hetero) is 1. The van der Waals surface area contributed by atoms with E-state index in [2.05, 4.69) is 20.7 Å². The number of hydrogen-bond donors (Lipinski definition) is 3. The second kappa shape index (κ2) is 8.14. The first kappa shape index (κ1) is 22.2. The van der Waals surface area contributed by atoms with Gasteiger partial charge in [0.1, 0.15) is 9.22 Å². The Kier molecular flexibility index (Phi) is 5.81. The van der Waals surface area contributed by atoms with Crippen molar-refractivity contribution in [1.82, 2.24) is 4.98 Å². The highest BCUT2D eigenvalue weighted by molar-refractivity contribution is 7.93. The fourth-order valence-corrected chi connectivity index (χ4v) is 6.38. The van der Waals surface area contributed by atoms with Crippen molar-refractivity contribution in [3.63, 3.8) is 0 Å². The van der Waals surface area contributed by atoms with Gasteiger partial charge in [-0.2, -0.15) is 0 Å². The quantitative estimate of drug-likeness (QED) is 0.566. The van der Waals surface area contributed by atoms with Crippen molar-refractivity contribution in [3.8, 4) is 0 Å². The lowest BCUT2D eigenvalue weighted by atomic mass is 9.96. The summed E-state index contributed by atoms with van der Waals surface area (Å²) in [7, 11) is -3.57. The number of nitrogens with one attached hydrogen (secondary N) is 1. The topological polar surface area (TPSA) is 135 Å². The summed E-state index contributed by atoms with van der Waals surface area (Å²) < 4.78 is 16.8. The molecule has 1 aromatic carbocycles.